The van der Waals surface area contributed by atoms with Gasteiger partial charge in [0.25, 0.3) is 0 Å². The molecule has 1 aromatic heterocycles. The van der Waals surface area contributed by atoms with Gasteiger partial charge in [0, 0.05) is 19.0 Å². The number of nitriles is 1. The first-order valence-corrected chi connectivity index (χ1v) is 6.50. The van der Waals surface area contributed by atoms with Crippen molar-refractivity contribution in [3.63, 3.8) is 0 Å². The SMILES string of the molecule is CN(C)c1ccc(-c2cc(F)c(C(=O)O)s2)cc1C#N. The van der Waals surface area contributed by atoms with E-state index >= 15 is 0 Å². The zero-order valence-electron chi connectivity index (χ0n) is 10.8. The largest absolute Gasteiger partial charge is 0.477 e. The molecule has 0 aliphatic heterocycles. The van der Waals surface area contributed by atoms with Gasteiger partial charge in [-0.05, 0) is 23.8 Å². The third-order valence-electron chi connectivity index (χ3n) is 2.76. The fraction of sp³-hybridized carbons (Fsp3) is 0.143. The van der Waals surface area contributed by atoms with Crippen molar-refractivity contribution in [3.05, 3.63) is 40.5 Å². The lowest BCUT2D eigenvalue weighted by molar-refractivity contribution is 0.0697. The fourth-order valence-electron chi connectivity index (χ4n) is 1.83. The smallest absolute Gasteiger partial charge is 0.348 e. The Kier molecular flexibility index (Phi) is 3.72. The van der Waals surface area contributed by atoms with Gasteiger partial charge in [0.2, 0.25) is 0 Å². The minimum Gasteiger partial charge on any atom is -0.477 e. The number of carboxylic acid groups (broad SMARTS) is 1. The van der Waals surface area contributed by atoms with Gasteiger partial charge >= 0.3 is 5.97 Å². The second kappa shape index (κ2) is 5.31. The summed E-state index contributed by atoms with van der Waals surface area (Å²) in [6, 6.07) is 8.39. The molecule has 2 aromatic rings. The Morgan fingerprint density at radius 3 is 2.60 bits per heavy atom. The Balaban J connectivity index is 2.52. The van der Waals surface area contributed by atoms with Crippen LogP contribution < -0.4 is 4.90 Å². The summed E-state index contributed by atoms with van der Waals surface area (Å²) >= 11 is 0.857. The molecule has 0 aliphatic carbocycles. The van der Waals surface area contributed by atoms with Crippen LogP contribution in [0.3, 0.4) is 0 Å². The minimum absolute atomic E-state index is 0.324. The van der Waals surface area contributed by atoms with Crippen LogP contribution in [-0.2, 0) is 0 Å². The van der Waals surface area contributed by atoms with Crippen molar-refractivity contribution in [2.45, 2.75) is 0 Å². The highest BCUT2D eigenvalue weighted by Gasteiger charge is 2.17. The predicted octanol–water partition coefficient (Wildman–Crippen LogP) is 3.19. The Morgan fingerprint density at radius 1 is 1.40 bits per heavy atom. The number of rotatable bonds is 3. The third kappa shape index (κ3) is 2.49. The Hall–Kier alpha value is -2.39. The summed E-state index contributed by atoms with van der Waals surface area (Å²) in [5, 5.41) is 18.0. The van der Waals surface area contributed by atoms with Crippen LogP contribution in [0.5, 0.6) is 0 Å². The molecule has 0 saturated heterocycles. The van der Waals surface area contributed by atoms with Crippen molar-refractivity contribution >= 4 is 23.0 Å². The standard InChI is InChI=1S/C14H11FN2O2S/c1-17(2)11-4-3-8(5-9(11)7-16)12-6-10(15)13(20-12)14(18)19/h3-6H,1-2H3,(H,18,19). The summed E-state index contributed by atoms with van der Waals surface area (Å²) in [6.45, 7) is 0. The first-order chi connectivity index (χ1) is 9.43. The number of benzene rings is 1. The van der Waals surface area contributed by atoms with Crippen molar-refractivity contribution in [2.24, 2.45) is 0 Å². The Morgan fingerprint density at radius 2 is 2.10 bits per heavy atom. The van der Waals surface area contributed by atoms with Crippen LogP contribution in [0, 0.1) is 17.1 Å². The van der Waals surface area contributed by atoms with Gasteiger partial charge < -0.3 is 10.0 Å². The molecule has 20 heavy (non-hydrogen) atoms. The van der Waals surface area contributed by atoms with Crippen molar-refractivity contribution in [2.75, 3.05) is 19.0 Å². The lowest BCUT2D eigenvalue weighted by atomic mass is 10.1. The van der Waals surface area contributed by atoms with Crippen molar-refractivity contribution < 1.29 is 14.3 Å². The number of anilines is 1. The summed E-state index contributed by atoms with van der Waals surface area (Å²) < 4.78 is 13.5. The lowest BCUT2D eigenvalue weighted by Gasteiger charge is -2.14. The molecule has 2 rings (SSSR count). The second-order valence-corrected chi connectivity index (χ2v) is 5.38. The van der Waals surface area contributed by atoms with Gasteiger partial charge in [0.05, 0.1) is 11.3 Å². The highest BCUT2D eigenvalue weighted by molar-refractivity contribution is 7.17. The summed E-state index contributed by atoms with van der Waals surface area (Å²) in [7, 11) is 3.65. The molecule has 0 aliphatic rings. The molecule has 1 heterocycles. The van der Waals surface area contributed by atoms with Crippen LogP contribution in [-0.4, -0.2) is 25.2 Å². The molecule has 6 heteroatoms. The molecule has 1 aromatic carbocycles. The number of carbonyl (C=O) groups is 1. The average Bonchev–Trinajstić information content (AvgIpc) is 2.80. The quantitative estimate of drug-likeness (QED) is 0.943. The van der Waals surface area contributed by atoms with E-state index in [-0.39, 0.29) is 4.88 Å². The molecule has 0 radical (unpaired) electrons. The van der Waals surface area contributed by atoms with Gasteiger partial charge in [0.15, 0.2) is 0 Å². The number of carboxylic acids is 1. The number of halogens is 1. The van der Waals surface area contributed by atoms with Gasteiger partial charge in [0.1, 0.15) is 16.8 Å². The molecule has 0 amide bonds. The van der Waals surface area contributed by atoms with Crippen LogP contribution in [0.15, 0.2) is 24.3 Å². The van der Waals surface area contributed by atoms with E-state index in [2.05, 4.69) is 6.07 Å². The number of hydrogen-bond acceptors (Lipinski definition) is 4. The van der Waals surface area contributed by atoms with E-state index in [1.54, 1.807) is 23.1 Å². The number of thiophene rings is 1. The molecule has 4 nitrogen and oxygen atoms in total. The second-order valence-electron chi connectivity index (χ2n) is 4.33. The maximum absolute atomic E-state index is 13.5. The molecule has 0 spiro atoms. The van der Waals surface area contributed by atoms with Crippen LogP contribution in [0.1, 0.15) is 15.2 Å². The summed E-state index contributed by atoms with van der Waals surface area (Å²) in [6.07, 6.45) is 0. The zero-order chi connectivity index (χ0) is 14.9. The summed E-state index contributed by atoms with van der Waals surface area (Å²) in [5.41, 5.74) is 1.84. The van der Waals surface area contributed by atoms with Gasteiger partial charge in [-0.3, -0.25) is 0 Å². The number of aromatic carboxylic acids is 1. The van der Waals surface area contributed by atoms with Crippen molar-refractivity contribution in [1.29, 1.82) is 5.26 Å². The van der Waals surface area contributed by atoms with Gasteiger partial charge in [-0.15, -0.1) is 11.3 Å². The molecule has 102 valence electrons. The van der Waals surface area contributed by atoms with Crippen LogP contribution in [0.4, 0.5) is 10.1 Å². The number of nitrogens with zero attached hydrogens (tertiary/aromatic N) is 2. The maximum Gasteiger partial charge on any atom is 0.348 e. The molecular formula is C14H11FN2O2S. The normalized spacial score (nSPS) is 10.1. The molecule has 1 N–H and O–H groups in total. The van der Waals surface area contributed by atoms with E-state index in [0.717, 1.165) is 17.0 Å². The average molecular weight is 290 g/mol. The van der Waals surface area contributed by atoms with E-state index in [9.17, 15) is 9.18 Å². The molecular weight excluding hydrogens is 279 g/mol. The van der Waals surface area contributed by atoms with E-state index in [1.165, 1.54) is 6.07 Å². The monoisotopic (exact) mass is 290 g/mol. The highest BCUT2D eigenvalue weighted by Crippen LogP contribution is 2.33. The maximum atomic E-state index is 13.5. The van der Waals surface area contributed by atoms with Crippen molar-refractivity contribution in [3.8, 4) is 16.5 Å². The van der Waals surface area contributed by atoms with E-state index in [0.29, 0.717) is 16.0 Å². The van der Waals surface area contributed by atoms with E-state index in [4.69, 9.17) is 10.4 Å². The molecule has 0 fully saturated rings. The molecule has 0 unspecified atom stereocenters. The number of hydrogen-bond donors (Lipinski definition) is 1. The fourth-order valence-corrected chi connectivity index (χ4v) is 2.70. The first-order valence-electron chi connectivity index (χ1n) is 5.68. The van der Waals surface area contributed by atoms with Gasteiger partial charge in [-0.2, -0.15) is 5.26 Å². The van der Waals surface area contributed by atoms with Gasteiger partial charge in [-0.25, -0.2) is 9.18 Å². The van der Waals surface area contributed by atoms with E-state index < -0.39 is 11.8 Å². The lowest BCUT2D eigenvalue weighted by Crippen LogP contribution is -2.10. The highest BCUT2D eigenvalue weighted by atomic mass is 32.1. The topological polar surface area (TPSA) is 64.3 Å². The predicted molar refractivity (Wildman–Crippen MR) is 75.7 cm³/mol. The Labute approximate surface area is 119 Å². The van der Waals surface area contributed by atoms with Crippen molar-refractivity contribution in [1.82, 2.24) is 0 Å². The first kappa shape index (κ1) is 14.0. The molecule has 0 saturated carbocycles. The summed E-state index contributed by atoms with van der Waals surface area (Å²) in [4.78, 5) is 12.8. The molecule has 0 atom stereocenters. The zero-order valence-corrected chi connectivity index (χ0v) is 11.7. The van der Waals surface area contributed by atoms with Crippen LogP contribution in [0.2, 0.25) is 0 Å². The molecule has 0 bridgehead atoms. The summed E-state index contributed by atoms with van der Waals surface area (Å²) in [5.74, 6) is -2.04. The minimum atomic E-state index is -1.29. The van der Waals surface area contributed by atoms with Crippen LogP contribution >= 0.6 is 11.3 Å². The Bertz CT molecular complexity index is 716. The van der Waals surface area contributed by atoms with Crippen LogP contribution in [0.25, 0.3) is 10.4 Å². The van der Waals surface area contributed by atoms with E-state index in [1.807, 2.05) is 14.1 Å². The third-order valence-corrected chi connectivity index (χ3v) is 3.91. The van der Waals surface area contributed by atoms with Gasteiger partial charge in [-0.1, -0.05) is 6.07 Å².